The minimum Gasteiger partial charge on any atom is -0.397 e. The number of anilines is 3. The zero-order chi connectivity index (χ0) is 15.0. The normalized spacial score (nSPS) is 10.8. The smallest absolute Gasteiger partial charge is 0.258 e. The molecule has 2 aromatic carbocycles. The topological polar surface area (TPSA) is 83.8 Å². The van der Waals surface area contributed by atoms with E-state index in [9.17, 15) is 9.18 Å². The zero-order valence-electron chi connectivity index (χ0n) is 10.7. The summed E-state index contributed by atoms with van der Waals surface area (Å²) in [6.45, 7) is 0. The van der Waals surface area contributed by atoms with Crippen molar-refractivity contribution in [3.05, 3.63) is 56.4 Å². The number of nitrogens with one attached hydrogen (secondary N) is 2. The van der Waals surface area contributed by atoms with Crippen molar-refractivity contribution in [1.29, 1.82) is 0 Å². The molecule has 0 atom stereocenters. The molecular weight excluding hydrogens is 386 g/mol. The van der Waals surface area contributed by atoms with Crippen LogP contribution in [-0.2, 0) is 0 Å². The molecule has 3 rings (SSSR count). The van der Waals surface area contributed by atoms with Crippen LogP contribution in [0.4, 0.5) is 21.5 Å². The number of nitrogens with two attached hydrogens (primary N) is 1. The van der Waals surface area contributed by atoms with Crippen LogP contribution >= 0.6 is 22.6 Å². The van der Waals surface area contributed by atoms with E-state index < -0.39 is 0 Å². The number of hydrogen-bond donors (Lipinski definition) is 3. The van der Waals surface area contributed by atoms with E-state index in [2.05, 4.69) is 15.3 Å². The lowest BCUT2D eigenvalue weighted by Gasteiger charge is -2.12. The van der Waals surface area contributed by atoms with Crippen molar-refractivity contribution in [1.82, 2.24) is 9.97 Å². The highest BCUT2D eigenvalue weighted by Gasteiger charge is 2.08. The molecule has 21 heavy (non-hydrogen) atoms. The molecule has 0 aliphatic heterocycles. The van der Waals surface area contributed by atoms with Crippen molar-refractivity contribution in [3.63, 3.8) is 0 Å². The monoisotopic (exact) mass is 396 g/mol. The van der Waals surface area contributed by atoms with Gasteiger partial charge in [0.15, 0.2) is 0 Å². The van der Waals surface area contributed by atoms with Crippen LogP contribution in [0.3, 0.4) is 0 Å². The second-order valence-electron chi connectivity index (χ2n) is 4.44. The molecule has 4 N–H and O–H groups in total. The van der Waals surface area contributed by atoms with E-state index in [1.807, 2.05) is 22.6 Å². The Morgan fingerprint density at radius 1 is 1.24 bits per heavy atom. The van der Waals surface area contributed by atoms with Gasteiger partial charge in [0.25, 0.3) is 5.56 Å². The van der Waals surface area contributed by atoms with Gasteiger partial charge in [0, 0.05) is 3.57 Å². The van der Waals surface area contributed by atoms with Crippen molar-refractivity contribution >= 4 is 50.6 Å². The zero-order valence-corrected chi connectivity index (χ0v) is 12.8. The lowest BCUT2D eigenvalue weighted by molar-refractivity contribution is 0.627. The van der Waals surface area contributed by atoms with Crippen LogP contribution < -0.4 is 16.6 Å². The summed E-state index contributed by atoms with van der Waals surface area (Å²) in [5.41, 5.74) is 8.02. The minimum atomic E-state index is -0.301. The first-order valence-corrected chi connectivity index (χ1v) is 7.11. The van der Waals surface area contributed by atoms with Crippen LogP contribution in [0.1, 0.15) is 0 Å². The highest BCUT2D eigenvalue weighted by Crippen LogP contribution is 2.29. The van der Waals surface area contributed by atoms with Crippen molar-refractivity contribution < 1.29 is 4.39 Å². The fraction of sp³-hybridized carbons (Fsp3) is 0. The Kier molecular flexibility index (Phi) is 3.50. The molecule has 3 aromatic rings. The second-order valence-corrected chi connectivity index (χ2v) is 5.60. The van der Waals surface area contributed by atoms with Gasteiger partial charge in [-0.25, -0.2) is 9.37 Å². The highest BCUT2D eigenvalue weighted by atomic mass is 127. The van der Waals surface area contributed by atoms with Gasteiger partial charge >= 0.3 is 0 Å². The largest absolute Gasteiger partial charge is 0.397 e. The number of benzene rings is 2. The molecule has 0 bridgehead atoms. The number of hydrogen-bond acceptors (Lipinski definition) is 4. The number of nitrogen functional groups attached to an aromatic ring is 1. The number of halogens is 2. The van der Waals surface area contributed by atoms with Gasteiger partial charge in [0.2, 0.25) is 0 Å². The van der Waals surface area contributed by atoms with Crippen molar-refractivity contribution in [2.45, 2.75) is 0 Å². The Morgan fingerprint density at radius 3 is 2.81 bits per heavy atom. The van der Waals surface area contributed by atoms with Gasteiger partial charge in [0.05, 0.1) is 34.3 Å². The molecule has 1 heterocycles. The number of nitrogens with zero attached hydrogens (tertiary/aromatic N) is 1. The van der Waals surface area contributed by atoms with E-state index in [0.29, 0.717) is 22.3 Å². The Balaban J connectivity index is 2.08. The summed E-state index contributed by atoms with van der Waals surface area (Å²) in [6, 6.07) is 7.68. The van der Waals surface area contributed by atoms with Gasteiger partial charge in [0.1, 0.15) is 5.82 Å². The van der Waals surface area contributed by atoms with Crippen molar-refractivity contribution in [2.75, 3.05) is 11.1 Å². The minimum absolute atomic E-state index is 0.241. The first-order valence-electron chi connectivity index (χ1n) is 6.03. The summed E-state index contributed by atoms with van der Waals surface area (Å²) in [5, 5.41) is 3.55. The lowest BCUT2D eigenvalue weighted by atomic mass is 10.2. The molecule has 0 unspecified atom stereocenters. The average molecular weight is 396 g/mol. The number of fused-ring (bicyclic) bond motifs is 1. The summed E-state index contributed by atoms with van der Waals surface area (Å²) >= 11 is 2.03. The number of rotatable bonds is 2. The van der Waals surface area contributed by atoms with E-state index in [0.717, 1.165) is 9.26 Å². The van der Waals surface area contributed by atoms with Gasteiger partial charge in [-0.1, -0.05) is 0 Å². The predicted octanol–water partition coefficient (Wildman–Crippen LogP) is 2.99. The maximum absolute atomic E-state index is 13.1. The quantitative estimate of drug-likeness (QED) is 0.460. The summed E-state index contributed by atoms with van der Waals surface area (Å²) in [7, 11) is 0. The van der Waals surface area contributed by atoms with E-state index in [-0.39, 0.29) is 11.4 Å². The van der Waals surface area contributed by atoms with E-state index in [4.69, 9.17) is 5.73 Å². The summed E-state index contributed by atoms with van der Waals surface area (Å²) in [4.78, 5) is 18.3. The Labute approximate surface area is 132 Å². The van der Waals surface area contributed by atoms with E-state index in [1.165, 1.54) is 18.5 Å². The second kappa shape index (κ2) is 5.32. The van der Waals surface area contributed by atoms with Gasteiger partial charge in [-0.05, 0) is 52.9 Å². The molecule has 106 valence electrons. The van der Waals surface area contributed by atoms with Crippen molar-refractivity contribution in [3.8, 4) is 0 Å². The molecular formula is C14H10FIN4O. The standard InChI is InChI=1S/C14H10FIN4O/c15-7-1-2-11(9(16)3-7)20-13-5-12-8(4-10(13)17)14(21)19-6-18-12/h1-6,20H,17H2,(H,18,19,21). The van der Waals surface area contributed by atoms with Crippen molar-refractivity contribution in [2.24, 2.45) is 0 Å². The summed E-state index contributed by atoms with van der Waals surface area (Å²) < 4.78 is 13.8. The summed E-state index contributed by atoms with van der Waals surface area (Å²) in [6.07, 6.45) is 1.34. The molecule has 0 saturated carbocycles. The van der Waals surface area contributed by atoms with E-state index in [1.54, 1.807) is 18.2 Å². The molecule has 0 amide bonds. The van der Waals surface area contributed by atoms with Gasteiger partial charge in [-0.15, -0.1) is 0 Å². The van der Waals surface area contributed by atoms with Gasteiger partial charge < -0.3 is 16.0 Å². The molecule has 5 nitrogen and oxygen atoms in total. The predicted molar refractivity (Wildman–Crippen MR) is 89.2 cm³/mol. The molecule has 1 aromatic heterocycles. The molecule has 0 radical (unpaired) electrons. The average Bonchev–Trinajstić information content (AvgIpc) is 2.44. The van der Waals surface area contributed by atoms with Gasteiger partial charge in [-0.3, -0.25) is 4.79 Å². The highest BCUT2D eigenvalue weighted by molar-refractivity contribution is 14.1. The lowest BCUT2D eigenvalue weighted by Crippen LogP contribution is -2.08. The molecule has 0 saturated heterocycles. The number of aromatic nitrogens is 2. The van der Waals surface area contributed by atoms with Gasteiger partial charge in [-0.2, -0.15) is 0 Å². The third kappa shape index (κ3) is 2.68. The first-order chi connectivity index (χ1) is 10.0. The maximum atomic E-state index is 13.1. The Hall–Kier alpha value is -2.16. The fourth-order valence-corrected chi connectivity index (χ4v) is 2.59. The molecule has 7 heteroatoms. The van der Waals surface area contributed by atoms with Crippen LogP contribution in [0, 0.1) is 9.39 Å². The third-order valence-electron chi connectivity index (χ3n) is 3.01. The maximum Gasteiger partial charge on any atom is 0.258 e. The molecule has 0 fully saturated rings. The molecule has 0 aliphatic rings. The molecule has 0 aliphatic carbocycles. The Bertz CT molecular complexity index is 894. The summed E-state index contributed by atoms with van der Waals surface area (Å²) in [5.74, 6) is -0.301. The van der Waals surface area contributed by atoms with E-state index >= 15 is 0 Å². The van der Waals surface area contributed by atoms with Crippen LogP contribution in [0.15, 0.2) is 41.5 Å². The fourth-order valence-electron chi connectivity index (χ4n) is 1.98. The van der Waals surface area contributed by atoms with Crippen LogP contribution in [0.2, 0.25) is 0 Å². The third-order valence-corrected chi connectivity index (χ3v) is 3.90. The van der Waals surface area contributed by atoms with Crippen LogP contribution in [0.5, 0.6) is 0 Å². The first kappa shape index (κ1) is 13.8. The SMILES string of the molecule is Nc1cc2c(=O)[nH]cnc2cc1Nc1ccc(F)cc1I. The Morgan fingerprint density at radius 2 is 2.05 bits per heavy atom. The van der Waals surface area contributed by atoms with Crippen LogP contribution in [0.25, 0.3) is 10.9 Å². The van der Waals surface area contributed by atoms with Crippen LogP contribution in [-0.4, -0.2) is 9.97 Å². The number of H-pyrrole nitrogens is 1. The molecule has 0 spiro atoms. The number of aromatic amines is 1.